The van der Waals surface area contributed by atoms with E-state index >= 15 is 0 Å². The van der Waals surface area contributed by atoms with Crippen molar-refractivity contribution in [3.63, 3.8) is 0 Å². The zero-order chi connectivity index (χ0) is 18.5. The zero-order valence-corrected chi connectivity index (χ0v) is 16.0. The summed E-state index contributed by atoms with van der Waals surface area (Å²) >= 11 is 0. The maximum Gasteiger partial charge on any atom is 0.0911 e. The van der Waals surface area contributed by atoms with Crippen molar-refractivity contribution in [2.24, 2.45) is 5.92 Å². The van der Waals surface area contributed by atoms with E-state index in [1.807, 2.05) is 18.3 Å². The maximum atomic E-state index is 11.0. The van der Waals surface area contributed by atoms with Crippen molar-refractivity contribution in [1.82, 2.24) is 10.3 Å². The Balaban J connectivity index is 1.26. The second kappa shape index (κ2) is 8.37. The van der Waals surface area contributed by atoms with E-state index in [9.17, 15) is 5.11 Å². The number of nitrogens with zero attached hydrogens (tertiary/aromatic N) is 1. The van der Waals surface area contributed by atoms with Crippen LogP contribution in [0.25, 0.3) is 5.57 Å². The molecule has 142 valence electrons. The molecular formula is C24H30N2O. The highest BCUT2D eigenvalue weighted by molar-refractivity contribution is 5.66. The standard InChI is InChI=1S/C24H30N2O/c27-24(22-7-4-15-25-18-22)13-10-19(11-14-24)8-9-23-17-21(12-16-26-23)20-5-2-1-3-6-20/h1-7,12,15,18-19,23,26-27H,8-11,13-14,16-17H2/t19-,23?,24-. The lowest BCUT2D eigenvalue weighted by atomic mass is 9.74. The van der Waals surface area contributed by atoms with Crippen LogP contribution in [0.2, 0.25) is 0 Å². The lowest BCUT2D eigenvalue weighted by molar-refractivity contribution is -0.0158. The molecule has 2 aromatic rings. The van der Waals surface area contributed by atoms with Crippen molar-refractivity contribution in [3.05, 3.63) is 72.1 Å². The molecule has 0 spiro atoms. The molecule has 1 aliphatic heterocycles. The number of pyridine rings is 1. The first-order valence-electron chi connectivity index (χ1n) is 10.3. The first kappa shape index (κ1) is 18.4. The van der Waals surface area contributed by atoms with Crippen molar-refractivity contribution in [2.75, 3.05) is 6.54 Å². The fourth-order valence-electron chi connectivity index (χ4n) is 4.67. The minimum Gasteiger partial charge on any atom is -0.385 e. The molecule has 2 N–H and O–H groups in total. The van der Waals surface area contributed by atoms with Crippen LogP contribution in [0.15, 0.2) is 60.9 Å². The normalized spacial score (nSPS) is 28.6. The SMILES string of the molecule is O[C@]1(c2cccnc2)CC[C@@H](CCC2CC(c3ccccc3)=CCN2)CC1. The van der Waals surface area contributed by atoms with Gasteiger partial charge in [0.2, 0.25) is 0 Å². The van der Waals surface area contributed by atoms with Crippen molar-refractivity contribution < 1.29 is 5.11 Å². The quantitative estimate of drug-likeness (QED) is 0.811. The highest BCUT2D eigenvalue weighted by atomic mass is 16.3. The molecule has 0 saturated heterocycles. The van der Waals surface area contributed by atoms with Crippen LogP contribution >= 0.6 is 0 Å². The van der Waals surface area contributed by atoms with Crippen LogP contribution in [0.1, 0.15) is 56.1 Å². The molecule has 1 atom stereocenters. The number of benzene rings is 1. The van der Waals surface area contributed by atoms with Gasteiger partial charge in [-0.2, -0.15) is 0 Å². The molecule has 1 saturated carbocycles. The van der Waals surface area contributed by atoms with E-state index in [1.165, 1.54) is 24.0 Å². The molecule has 2 aliphatic rings. The first-order valence-corrected chi connectivity index (χ1v) is 10.3. The fourth-order valence-corrected chi connectivity index (χ4v) is 4.67. The lowest BCUT2D eigenvalue weighted by Crippen LogP contribution is -2.35. The summed E-state index contributed by atoms with van der Waals surface area (Å²) in [6, 6.07) is 15.3. The molecule has 2 heterocycles. The average molecular weight is 363 g/mol. The Hall–Kier alpha value is -1.97. The summed E-state index contributed by atoms with van der Waals surface area (Å²) in [5.41, 5.74) is 3.16. The summed E-state index contributed by atoms with van der Waals surface area (Å²) in [4.78, 5) is 4.18. The van der Waals surface area contributed by atoms with Crippen LogP contribution in [-0.4, -0.2) is 22.7 Å². The van der Waals surface area contributed by atoms with Gasteiger partial charge in [0, 0.05) is 30.5 Å². The van der Waals surface area contributed by atoms with Gasteiger partial charge in [-0.1, -0.05) is 42.5 Å². The number of hydrogen-bond donors (Lipinski definition) is 2. The average Bonchev–Trinajstić information content (AvgIpc) is 2.75. The lowest BCUT2D eigenvalue weighted by Gasteiger charge is -2.37. The van der Waals surface area contributed by atoms with Gasteiger partial charge in [-0.05, 0) is 68.1 Å². The van der Waals surface area contributed by atoms with E-state index in [0.717, 1.165) is 50.1 Å². The third-order valence-electron chi connectivity index (χ3n) is 6.42. The van der Waals surface area contributed by atoms with E-state index in [0.29, 0.717) is 6.04 Å². The van der Waals surface area contributed by atoms with Crippen LogP contribution in [0.3, 0.4) is 0 Å². The van der Waals surface area contributed by atoms with Gasteiger partial charge in [-0.3, -0.25) is 4.98 Å². The van der Waals surface area contributed by atoms with Crippen LogP contribution in [-0.2, 0) is 5.60 Å². The van der Waals surface area contributed by atoms with Gasteiger partial charge in [0.15, 0.2) is 0 Å². The third kappa shape index (κ3) is 4.48. The molecule has 1 aromatic carbocycles. The van der Waals surface area contributed by atoms with Crippen molar-refractivity contribution in [3.8, 4) is 0 Å². The van der Waals surface area contributed by atoms with Gasteiger partial charge >= 0.3 is 0 Å². The highest BCUT2D eigenvalue weighted by Crippen LogP contribution is 2.41. The molecular weight excluding hydrogens is 332 g/mol. The second-order valence-corrected chi connectivity index (χ2v) is 8.20. The van der Waals surface area contributed by atoms with E-state index in [2.05, 4.69) is 46.7 Å². The summed E-state index contributed by atoms with van der Waals surface area (Å²) in [6.07, 6.45) is 13.5. The van der Waals surface area contributed by atoms with Gasteiger partial charge in [0.25, 0.3) is 0 Å². The minimum atomic E-state index is -0.670. The number of rotatable bonds is 5. The predicted octanol–water partition coefficient (Wildman–Crippen LogP) is 4.69. The van der Waals surface area contributed by atoms with E-state index in [4.69, 9.17) is 0 Å². The molecule has 1 aliphatic carbocycles. The van der Waals surface area contributed by atoms with Crippen molar-refractivity contribution in [1.29, 1.82) is 0 Å². The van der Waals surface area contributed by atoms with Gasteiger partial charge < -0.3 is 10.4 Å². The molecule has 4 rings (SSSR count). The molecule has 0 radical (unpaired) electrons. The Kier molecular flexibility index (Phi) is 5.70. The Labute approximate surface area is 162 Å². The molecule has 1 aromatic heterocycles. The number of aromatic nitrogens is 1. The number of nitrogens with one attached hydrogen (secondary N) is 1. The molecule has 27 heavy (non-hydrogen) atoms. The van der Waals surface area contributed by atoms with Crippen LogP contribution in [0.4, 0.5) is 0 Å². The smallest absolute Gasteiger partial charge is 0.0911 e. The van der Waals surface area contributed by atoms with Crippen molar-refractivity contribution >= 4 is 5.57 Å². The summed E-state index contributed by atoms with van der Waals surface area (Å²) in [6.45, 7) is 0.973. The molecule has 3 heteroatoms. The minimum absolute atomic E-state index is 0.573. The topological polar surface area (TPSA) is 45.2 Å². The van der Waals surface area contributed by atoms with Gasteiger partial charge in [-0.15, -0.1) is 0 Å². The summed E-state index contributed by atoms with van der Waals surface area (Å²) in [5.74, 6) is 0.731. The van der Waals surface area contributed by atoms with Gasteiger partial charge in [0.05, 0.1) is 5.60 Å². The van der Waals surface area contributed by atoms with Gasteiger partial charge in [0.1, 0.15) is 0 Å². The fraction of sp³-hybridized carbons (Fsp3) is 0.458. The largest absolute Gasteiger partial charge is 0.385 e. The second-order valence-electron chi connectivity index (χ2n) is 8.20. The molecule has 3 nitrogen and oxygen atoms in total. The van der Waals surface area contributed by atoms with Crippen LogP contribution in [0, 0.1) is 5.92 Å². The van der Waals surface area contributed by atoms with Crippen LogP contribution in [0.5, 0.6) is 0 Å². The predicted molar refractivity (Wildman–Crippen MR) is 110 cm³/mol. The van der Waals surface area contributed by atoms with E-state index in [-0.39, 0.29) is 0 Å². The Morgan fingerprint density at radius 3 is 2.59 bits per heavy atom. The first-order chi connectivity index (χ1) is 13.2. The summed E-state index contributed by atoms with van der Waals surface area (Å²) in [7, 11) is 0. The summed E-state index contributed by atoms with van der Waals surface area (Å²) in [5, 5.41) is 14.6. The zero-order valence-electron chi connectivity index (χ0n) is 16.0. The molecule has 1 fully saturated rings. The Morgan fingerprint density at radius 1 is 1.04 bits per heavy atom. The third-order valence-corrected chi connectivity index (χ3v) is 6.42. The highest BCUT2D eigenvalue weighted by Gasteiger charge is 2.35. The van der Waals surface area contributed by atoms with Crippen molar-refractivity contribution in [2.45, 2.75) is 56.6 Å². The van der Waals surface area contributed by atoms with Gasteiger partial charge in [-0.25, -0.2) is 0 Å². The van der Waals surface area contributed by atoms with E-state index < -0.39 is 5.60 Å². The monoisotopic (exact) mass is 362 g/mol. The summed E-state index contributed by atoms with van der Waals surface area (Å²) < 4.78 is 0. The molecule has 1 unspecified atom stereocenters. The Morgan fingerprint density at radius 2 is 1.85 bits per heavy atom. The molecule has 0 amide bonds. The Bertz CT molecular complexity index is 748. The number of aliphatic hydroxyl groups is 1. The van der Waals surface area contributed by atoms with Crippen LogP contribution < -0.4 is 5.32 Å². The maximum absolute atomic E-state index is 11.0. The number of hydrogen-bond acceptors (Lipinski definition) is 3. The van der Waals surface area contributed by atoms with E-state index in [1.54, 1.807) is 6.20 Å². The molecule has 0 bridgehead atoms.